The van der Waals surface area contributed by atoms with E-state index in [0.29, 0.717) is 17.7 Å². The average molecular weight is 291 g/mol. The van der Waals surface area contributed by atoms with Crippen LogP contribution in [0.2, 0.25) is 0 Å². The van der Waals surface area contributed by atoms with Gasteiger partial charge in [-0.25, -0.2) is 4.39 Å². The van der Waals surface area contributed by atoms with Gasteiger partial charge in [-0.3, -0.25) is 0 Å². The van der Waals surface area contributed by atoms with E-state index in [2.05, 4.69) is 13.8 Å². The first-order chi connectivity index (χ1) is 8.61. The number of benzene rings is 1. The summed E-state index contributed by atoms with van der Waals surface area (Å²) in [4.78, 5) is 0. The maximum Gasteiger partial charge on any atom is 0.123 e. The van der Waals surface area contributed by atoms with Crippen LogP contribution in [0.25, 0.3) is 0 Å². The fraction of sp³-hybridized carbons (Fsp3) is 0.600. The predicted molar refractivity (Wildman–Crippen MR) is 78.2 cm³/mol. The van der Waals surface area contributed by atoms with Crippen LogP contribution in [0.1, 0.15) is 38.7 Å². The molecule has 0 radical (unpaired) electrons. The third-order valence-electron chi connectivity index (χ3n) is 3.78. The van der Waals surface area contributed by atoms with Gasteiger partial charge in [-0.2, -0.15) is 0 Å². The lowest BCUT2D eigenvalue weighted by molar-refractivity contribution is 0.348. The van der Waals surface area contributed by atoms with Crippen molar-refractivity contribution in [1.82, 2.24) is 0 Å². The molecule has 0 unspecified atom stereocenters. The molecule has 0 fully saturated rings. The molecule has 0 N–H and O–H groups in total. The number of rotatable bonds is 7. The number of hydrogen-bond acceptors (Lipinski definition) is 0. The Morgan fingerprint density at radius 3 is 2.22 bits per heavy atom. The van der Waals surface area contributed by atoms with E-state index in [9.17, 15) is 4.39 Å². The van der Waals surface area contributed by atoms with Crippen molar-refractivity contribution in [1.29, 1.82) is 0 Å². The first-order valence-electron chi connectivity index (χ1n) is 6.49. The van der Waals surface area contributed by atoms with Crippen molar-refractivity contribution in [2.75, 3.05) is 11.8 Å². The summed E-state index contributed by atoms with van der Waals surface area (Å²) in [6, 6.07) is 6.67. The average Bonchev–Trinajstić information content (AvgIpc) is 2.41. The Labute approximate surface area is 119 Å². The van der Waals surface area contributed by atoms with Crippen LogP contribution in [0.4, 0.5) is 4.39 Å². The molecule has 1 aromatic rings. The van der Waals surface area contributed by atoms with Crippen LogP contribution < -0.4 is 0 Å². The monoisotopic (exact) mass is 290 g/mol. The first-order valence-corrected chi connectivity index (χ1v) is 7.56. The first kappa shape index (κ1) is 15.8. The quantitative estimate of drug-likeness (QED) is 0.593. The molecule has 0 bridgehead atoms. The fourth-order valence-corrected chi connectivity index (χ4v) is 3.18. The van der Waals surface area contributed by atoms with Gasteiger partial charge in [0.25, 0.3) is 0 Å². The minimum absolute atomic E-state index is 0.225. The predicted octanol–water partition coefficient (Wildman–Crippen LogP) is 5.37. The topological polar surface area (TPSA) is 0 Å². The molecular formula is C15H21Cl2F. The lowest BCUT2D eigenvalue weighted by Gasteiger charge is -2.33. The number of hydrogen-bond donors (Lipinski definition) is 0. The van der Waals surface area contributed by atoms with Crippen molar-refractivity contribution in [3.8, 4) is 0 Å². The van der Waals surface area contributed by atoms with E-state index in [1.165, 1.54) is 6.07 Å². The van der Waals surface area contributed by atoms with Gasteiger partial charge < -0.3 is 0 Å². The third kappa shape index (κ3) is 3.61. The lowest BCUT2D eigenvalue weighted by Crippen LogP contribution is -2.33. The van der Waals surface area contributed by atoms with Gasteiger partial charge in [-0.15, -0.1) is 23.2 Å². The zero-order valence-electron chi connectivity index (χ0n) is 11.1. The van der Waals surface area contributed by atoms with Crippen molar-refractivity contribution in [3.63, 3.8) is 0 Å². The van der Waals surface area contributed by atoms with Gasteiger partial charge in [0.1, 0.15) is 5.82 Å². The minimum Gasteiger partial charge on any atom is -0.207 e. The van der Waals surface area contributed by atoms with Crippen LogP contribution in [-0.2, 0) is 5.41 Å². The van der Waals surface area contributed by atoms with Gasteiger partial charge in [0.2, 0.25) is 0 Å². The van der Waals surface area contributed by atoms with E-state index < -0.39 is 0 Å². The van der Waals surface area contributed by atoms with Gasteiger partial charge in [-0.1, -0.05) is 38.8 Å². The molecule has 0 aliphatic rings. The Morgan fingerprint density at radius 2 is 1.78 bits per heavy atom. The second-order valence-corrected chi connectivity index (χ2v) is 5.48. The van der Waals surface area contributed by atoms with Crippen LogP contribution in [0.5, 0.6) is 0 Å². The second-order valence-electron chi connectivity index (χ2n) is 4.94. The second kappa shape index (κ2) is 7.35. The Hall–Kier alpha value is -0.270. The Bertz CT molecular complexity index is 357. The van der Waals surface area contributed by atoms with Crippen LogP contribution in [0, 0.1) is 11.7 Å². The number of alkyl halides is 2. The van der Waals surface area contributed by atoms with Gasteiger partial charge >= 0.3 is 0 Å². The molecule has 0 amide bonds. The molecule has 0 aliphatic heterocycles. The van der Waals surface area contributed by atoms with Crippen LogP contribution in [-0.4, -0.2) is 11.8 Å². The van der Waals surface area contributed by atoms with Gasteiger partial charge in [0.15, 0.2) is 0 Å². The van der Waals surface area contributed by atoms with Crippen molar-refractivity contribution in [2.45, 2.75) is 38.5 Å². The molecule has 0 heterocycles. The lowest BCUT2D eigenvalue weighted by atomic mass is 9.75. The maximum absolute atomic E-state index is 13.4. The molecule has 3 heteroatoms. The van der Waals surface area contributed by atoms with Crippen molar-refractivity contribution < 1.29 is 4.39 Å². The summed E-state index contributed by atoms with van der Waals surface area (Å²) in [5.74, 6) is 1.20. The van der Waals surface area contributed by atoms with Gasteiger partial charge in [-0.05, 0) is 30.0 Å². The summed E-state index contributed by atoms with van der Waals surface area (Å²) in [7, 11) is 0. The van der Waals surface area contributed by atoms with Crippen LogP contribution >= 0.6 is 23.2 Å². The van der Waals surface area contributed by atoms with E-state index in [1.807, 2.05) is 6.07 Å². The van der Waals surface area contributed by atoms with Crippen molar-refractivity contribution in [2.24, 2.45) is 5.92 Å². The van der Waals surface area contributed by atoms with Crippen molar-refractivity contribution in [3.05, 3.63) is 35.6 Å². The highest BCUT2D eigenvalue weighted by Crippen LogP contribution is 2.36. The van der Waals surface area contributed by atoms with Gasteiger partial charge in [0, 0.05) is 17.2 Å². The van der Waals surface area contributed by atoms with Crippen molar-refractivity contribution >= 4 is 23.2 Å². The van der Waals surface area contributed by atoms with E-state index in [-0.39, 0.29) is 11.2 Å². The summed E-state index contributed by atoms with van der Waals surface area (Å²) in [5, 5.41) is 0. The molecule has 1 rings (SSSR count). The highest BCUT2D eigenvalue weighted by Gasteiger charge is 2.33. The molecular weight excluding hydrogens is 270 g/mol. The molecule has 1 aromatic carbocycles. The van der Waals surface area contributed by atoms with E-state index in [0.717, 1.165) is 24.8 Å². The Kier molecular flexibility index (Phi) is 6.45. The molecule has 0 spiro atoms. The molecule has 0 aliphatic carbocycles. The molecule has 0 saturated carbocycles. The maximum atomic E-state index is 13.4. The van der Waals surface area contributed by atoms with Gasteiger partial charge in [0.05, 0.1) is 0 Å². The smallest absolute Gasteiger partial charge is 0.123 e. The summed E-state index contributed by atoms with van der Waals surface area (Å²) in [6.45, 7) is 4.35. The summed E-state index contributed by atoms with van der Waals surface area (Å²) >= 11 is 12.3. The fourth-order valence-electron chi connectivity index (χ4n) is 2.37. The highest BCUT2D eigenvalue weighted by molar-refractivity contribution is 6.22. The normalized spacial score (nSPS) is 12.1. The van der Waals surface area contributed by atoms with Crippen LogP contribution in [0.3, 0.4) is 0 Å². The van der Waals surface area contributed by atoms with E-state index >= 15 is 0 Å². The molecule has 0 saturated heterocycles. The summed E-state index contributed by atoms with van der Waals surface area (Å²) in [5.41, 5.74) is 0.599. The molecule has 0 nitrogen and oxygen atoms in total. The highest BCUT2D eigenvalue weighted by atomic mass is 35.5. The standard InChI is InChI=1S/C15H21Cl2F/c1-3-12(4-2)9-15(10-16,11-17)13-6-5-7-14(18)8-13/h5-8,12H,3-4,9-11H2,1-2H3. The van der Waals surface area contributed by atoms with Crippen LogP contribution in [0.15, 0.2) is 24.3 Å². The molecule has 18 heavy (non-hydrogen) atoms. The van der Waals surface area contributed by atoms with E-state index in [4.69, 9.17) is 23.2 Å². The minimum atomic E-state index is -0.318. The SMILES string of the molecule is CCC(CC)CC(CCl)(CCl)c1cccc(F)c1. The number of halogens is 3. The largest absolute Gasteiger partial charge is 0.207 e. The summed E-state index contributed by atoms with van der Waals surface area (Å²) in [6.07, 6.45) is 3.11. The summed E-state index contributed by atoms with van der Waals surface area (Å²) < 4.78 is 13.4. The zero-order valence-corrected chi connectivity index (χ0v) is 12.6. The van der Waals surface area contributed by atoms with E-state index in [1.54, 1.807) is 12.1 Å². The molecule has 102 valence electrons. The Balaban J connectivity index is 3.06. The third-order valence-corrected chi connectivity index (χ3v) is 4.81. The molecule has 0 atom stereocenters. The zero-order chi connectivity index (χ0) is 13.6. The molecule has 0 aromatic heterocycles. The Morgan fingerprint density at radius 1 is 1.17 bits per heavy atom.